The van der Waals surface area contributed by atoms with Crippen LogP contribution in [0.15, 0.2) is 22.3 Å². The molecule has 1 aliphatic heterocycles. The Balaban J connectivity index is 0.000000377. The van der Waals surface area contributed by atoms with Crippen LogP contribution in [0.1, 0.15) is 20.8 Å². The molecule has 0 amide bonds. The summed E-state index contributed by atoms with van der Waals surface area (Å²) in [6, 6.07) is 0. The summed E-state index contributed by atoms with van der Waals surface area (Å²) in [4.78, 5) is 23.3. The Hall–Kier alpha value is -0.861. The second-order valence-corrected chi connectivity index (χ2v) is 5.19. The summed E-state index contributed by atoms with van der Waals surface area (Å²) in [6.07, 6.45) is 17.6. The summed E-state index contributed by atoms with van der Waals surface area (Å²) in [5.74, 6) is -0.161. The number of hydrogen-bond donors (Lipinski definition) is 0. The number of ether oxygens (including phenoxy) is 1. The molecule has 1 saturated heterocycles. The van der Waals surface area contributed by atoms with Gasteiger partial charge in [0.05, 0.1) is 11.1 Å². The number of rotatable bonds is 1. The molecular weight excluding hydrogens is 332 g/mol. The Morgan fingerprint density at radius 2 is 1.17 bits per heavy atom. The molecule has 1 heterocycles. The van der Waals surface area contributed by atoms with Crippen molar-refractivity contribution in [3.63, 3.8) is 0 Å². The molecule has 0 atom stereocenters. The van der Waals surface area contributed by atoms with Crippen LogP contribution in [-0.4, -0.2) is 11.9 Å². The molecule has 2 aliphatic carbocycles. The summed E-state index contributed by atoms with van der Waals surface area (Å²) in [7, 11) is 0. The van der Waals surface area contributed by atoms with E-state index in [2.05, 4.69) is 4.74 Å². The zero-order chi connectivity index (χ0) is 16.1. The van der Waals surface area contributed by atoms with E-state index in [1.807, 2.05) is 64.7 Å². The van der Waals surface area contributed by atoms with Crippen LogP contribution in [0.4, 0.5) is 0 Å². The average Bonchev–Trinajstić information content (AvgIpc) is 3.21. The molecule has 3 aliphatic rings. The van der Waals surface area contributed by atoms with E-state index in [1.165, 1.54) is 0 Å². The number of esters is 2. The fraction of sp³-hybridized carbons (Fsp3) is 0.158. The number of cyclic esters (lactones) is 2. The van der Waals surface area contributed by atoms with E-state index in [1.54, 1.807) is 13.8 Å². The number of carbonyl (C=O) groups excluding carboxylic acids is 2. The van der Waals surface area contributed by atoms with Crippen molar-refractivity contribution in [1.82, 2.24) is 0 Å². The van der Waals surface area contributed by atoms with Crippen LogP contribution in [0.25, 0.3) is 0 Å². The van der Waals surface area contributed by atoms with Crippen molar-refractivity contribution >= 4 is 11.9 Å². The molecule has 3 rings (SSSR count). The quantitative estimate of drug-likeness (QED) is 0.316. The minimum Gasteiger partial charge on any atom is -0.386 e. The first-order chi connectivity index (χ1) is 10.5. The van der Waals surface area contributed by atoms with Gasteiger partial charge in [0, 0.05) is 23.0 Å². The van der Waals surface area contributed by atoms with E-state index in [9.17, 15) is 9.59 Å². The summed E-state index contributed by atoms with van der Waals surface area (Å²) in [5.41, 5.74) is 2.36. The molecular formula is C19H18FeO3. The third-order valence-electron chi connectivity index (χ3n) is 3.37. The molecule has 0 aromatic rings. The molecule has 4 heteroatoms. The second-order valence-electron chi connectivity index (χ2n) is 5.19. The monoisotopic (exact) mass is 350 g/mol. The SMILES string of the molecule is CC(C)=C1C(=O)OC(=O)/C1=C(\C)[C]1[CH][CH][CH][CH]1.[CH]1[CH][CH][CH][CH]1.[Fe]. The molecule has 2 saturated carbocycles. The van der Waals surface area contributed by atoms with Gasteiger partial charge in [0.25, 0.3) is 0 Å². The van der Waals surface area contributed by atoms with E-state index in [0.29, 0.717) is 11.1 Å². The Morgan fingerprint density at radius 1 is 0.739 bits per heavy atom. The fourth-order valence-corrected chi connectivity index (χ4v) is 2.27. The minimum atomic E-state index is -0.551. The summed E-state index contributed by atoms with van der Waals surface area (Å²) < 4.78 is 4.67. The van der Waals surface area contributed by atoms with E-state index in [-0.39, 0.29) is 17.1 Å². The summed E-state index contributed by atoms with van der Waals surface area (Å²) in [5, 5.41) is 0. The van der Waals surface area contributed by atoms with Crippen molar-refractivity contribution in [2.24, 2.45) is 0 Å². The number of carbonyl (C=O) groups is 2. The summed E-state index contributed by atoms with van der Waals surface area (Å²) in [6.45, 7) is 5.42. The normalized spacial score (nSPS) is 23.2. The number of allylic oxidation sites excluding steroid dienone is 2. The molecule has 0 spiro atoms. The van der Waals surface area contributed by atoms with Gasteiger partial charge >= 0.3 is 11.9 Å². The predicted octanol–water partition coefficient (Wildman–Crippen LogP) is 3.15. The number of hydrogen-bond acceptors (Lipinski definition) is 3. The van der Waals surface area contributed by atoms with Gasteiger partial charge in [0.15, 0.2) is 0 Å². The molecule has 3 nitrogen and oxygen atoms in total. The van der Waals surface area contributed by atoms with E-state index in [0.717, 1.165) is 17.1 Å². The first-order valence-corrected chi connectivity index (χ1v) is 7.06. The van der Waals surface area contributed by atoms with Gasteiger partial charge in [-0.1, -0.05) is 11.1 Å². The van der Waals surface area contributed by atoms with Crippen LogP contribution in [0.5, 0.6) is 0 Å². The van der Waals surface area contributed by atoms with Gasteiger partial charge in [-0.2, -0.15) is 0 Å². The third kappa shape index (κ3) is 5.06. The van der Waals surface area contributed by atoms with Crippen molar-refractivity contribution in [3.05, 3.63) is 86.0 Å². The van der Waals surface area contributed by atoms with Crippen LogP contribution in [0, 0.1) is 63.7 Å². The maximum absolute atomic E-state index is 11.7. The smallest absolute Gasteiger partial charge is 0.346 e. The third-order valence-corrected chi connectivity index (χ3v) is 3.37. The van der Waals surface area contributed by atoms with Crippen molar-refractivity contribution < 1.29 is 31.4 Å². The van der Waals surface area contributed by atoms with Gasteiger partial charge in [0.1, 0.15) is 0 Å². The van der Waals surface area contributed by atoms with Crippen LogP contribution < -0.4 is 0 Å². The standard InChI is InChI=1S/C14H13O3.C5H5.Fe/c1-8(2)11-12(14(16)17-13(11)15)9(3)10-6-4-5-7-10;1-2-4-5-3-1;/h4-7H,1-3H3;1-5H;/b12-9+;;. The Kier molecular flexibility index (Phi) is 8.28. The van der Waals surface area contributed by atoms with Crippen molar-refractivity contribution in [2.75, 3.05) is 0 Å². The Morgan fingerprint density at radius 3 is 1.61 bits per heavy atom. The van der Waals surface area contributed by atoms with Gasteiger partial charge in [-0.05, 0) is 78.6 Å². The van der Waals surface area contributed by atoms with E-state index < -0.39 is 11.9 Å². The second kappa shape index (κ2) is 9.44. The van der Waals surface area contributed by atoms with Gasteiger partial charge < -0.3 is 4.74 Å². The average molecular weight is 350 g/mol. The van der Waals surface area contributed by atoms with Crippen LogP contribution in [0.3, 0.4) is 0 Å². The zero-order valence-corrected chi connectivity index (χ0v) is 14.4. The fourth-order valence-electron chi connectivity index (χ4n) is 2.27. The topological polar surface area (TPSA) is 43.4 Å². The maximum atomic E-state index is 11.7. The van der Waals surface area contributed by atoms with E-state index in [4.69, 9.17) is 0 Å². The maximum Gasteiger partial charge on any atom is 0.346 e. The van der Waals surface area contributed by atoms with Crippen LogP contribution in [0.2, 0.25) is 0 Å². The van der Waals surface area contributed by atoms with Gasteiger partial charge in [0.2, 0.25) is 0 Å². The molecule has 0 N–H and O–H groups in total. The Bertz CT molecular complexity index is 495. The molecule has 23 heavy (non-hydrogen) atoms. The van der Waals surface area contributed by atoms with Crippen LogP contribution >= 0.6 is 0 Å². The zero-order valence-electron chi connectivity index (χ0n) is 13.3. The van der Waals surface area contributed by atoms with Crippen LogP contribution in [-0.2, 0) is 31.4 Å². The van der Waals surface area contributed by atoms with Gasteiger partial charge in [-0.15, -0.1) is 0 Å². The molecule has 3 fully saturated rings. The molecule has 0 bridgehead atoms. The minimum absolute atomic E-state index is 0. The molecule has 0 unspecified atom stereocenters. The van der Waals surface area contributed by atoms with Gasteiger partial charge in [-0.3, -0.25) is 0 Å². The Labute approximate surface area is 150 Å². The molecule has 120 valence electrons. The first kappa shape index (κ1) is 20.2. The van der Waals surface area contributed by atoms with Crippen molar-refractivity contribution in [3.8, 4) is 0 Å². The first-order valence-electron chi connectivity index (χ1n) is 7.06. The van der Waals surface area contributed by atoms with Crippen molar-refractivity contribution in [2.45, 2.75) is 20.8 Å². The molecule has 0 aromatic heterocycles. The largest absolute Gasteiger partial charge is 0.386 e. The molecule has 10 radical (unpaired) electrons. The van der Waals surface area contributed by atoms with Gasteiger partial charge in [-0.25, -0.2) is 9.59 Å². The summed E-state index contributed by atoms with van der Waals surface area (Å²) >= 11 is 0. The molecule has 0 aromatic carbocycles. The van der Waals surface area contributed by atoms with E-state index >= 15 is 0 Å². The van der Waals surface area contributed by atoms with Crippen molar-refractivity contribution in [1.29, 1.82) is 0 Å². The predicted molar refractivity (Wildman–Crippen MR) is 84.1 cm³/mol.